The van der Waals surface area contributed by atoms with Gasteiger partial charge < -0.3 is 15.0 Å². The third-order valence-corrected chi connectivity index (χ3v) is 5.67. The first-order valence-corrected chi connectivity index (χ1v) is 9.97. The largest absolute Gasteiger partial charge is 0.380 e. The van der Waals surface area contributed by atoms with Crippen LogP contribution in [0.4, 0.5) is 0 Å². The van der Waals surface area contributed by atoms with Gasteiger partial charge in [0.2, 0.25) is 5.91 Å². The SMILES string of the molecule is Cc1cccc(C)c1C=CC1CCN(C(=O)CCN[C@@H]2CCOC2)CC1. The van der Waals surface area contributed by atoms with Crippen LogP contribution >= 0.6 is 0 Å². The lowest BCUT2D eigenvalue weighted by atomic mass is 9.94. The molecule has 2 saturated heterocycles. The van der Waals surface area contributed by atoms with Gasteiger partial charge in [-0.1, -0.05) is 30.4 Å². The van der Waals surface area contributed by atoms with Crippen molar-refractivity contribution < 1.29 is 9.53 Å². The number of benzene rings is 1. The fourth-order valence-electron chi connectivity index (χ4n) is 3.90. The van der Waals surface area contributed by atoms with Crippen molar-refractivity contribution in [2.24, 2.45) is 5.92 Å². The summed E-state index contributed by atoms with van der Waals surface area (Å²) in [6.45, 7) is 8.49. The number of hydrogen-bond donors (Lipinski definition) is 1. The van der Waals surface area contributed by atoms with Crippen molar-refractivity contribution in [1.82, 2.24) is 10.2 Å². The number of piperidine rings is 1. The highest BCUT2D eigenvalue weighted by Crippen LogP contribution is 2.22. The first-order chi connectivity index (χ1) is 12.6. The zero-order valence-electron chi connectivity index (χ0n) is 16.2. The van der Waals surface area contributed by atoms with E-state index < -0.39 is 0 Å². The summed E-state index contributed by atoms with van der Waals surface area (Å²) in [4.78, 5) is 14.4. The van der Waals surface area contributed by atoms with Crippen LogP contribution in [0.1, 0.15) is 42.4 Å². The Bertz CT molecular complexity index is 607. The minimum atomic E-state index is 0.286. The number of likely N-dealkylation sites (tertiary alicyclic amines) is 1. The summed E-state index contributed by atoms with van der Waals surface area (Å²) in [5.74, 6) is 0.861. The Kier molecular flexibility index (Phi) is 6.86. The highest BCUT2D eigenvalue weighted by Gasteiger charge is 2.22. The third-order valence-electron chi connectivity index (χ3n) is 5.67. The summed E-state index contributed by atoms with van der Waals surface area (Å²) in [5.41, 5.74) is 4.00. The van der Waals surface area contributed by atoms with E-state index in [0.29, 0.717) is 18.4 Å². The number of nitrogens with one attached hydrogen (secondary N) is 1. The van der Waals surface area contributed by atoms with Crippen molar-refractivity contribution in [2.45, 2.75) is 45.6 Å². The molecule has 0 aromatic heterocycles. The van der Waals surface area contributed by atoms with Crippen LogP contribution in [-0.2, 0) is 9.53 Å². The highest BCUT2D eigenvalue weighted by atomic mass is 16.5. The number of ether oxygens (including phenoxy) is 1. The number of rotatable bonds is 6. The van der Waals surface area contributed by atoms with Gasteiger partial charge in [-0.3, -0.25) is 4.79 Å². The maximum Gasteiger partial charge on any atom is 0.223 e. The molecular formula is C22H32N2O2. The molecule has 3 rings (SSSR count). The quantitative estimate of drug-likeness (QED) is 0.850. The molecule has 2 aliphatic rings. The highest BCUT2D eigenvalue weighted by molar-refractivity contribution is 5.76. The van der Waals surface area contributed by atoms with Gasteiger partial charge in [0.05, 0.1) is 6.61 Å². The molecule has 1 aromatic carbocycles. The zero-order chi connectivity index (χ0) is 18.4. The summed E-state index contributed by atoms with van der Waals surface area (Å²) in [6, 6.07) is 6.88. The predicted octanol–water partition coefficient (Wildman–Crippen LogP) is 3.32. The average molecular weight is 357 g/mol. The number of aryl methyl sites for hydroxylation is 2. The fourth-order valence-corrected chi connectivity index (χ4v) is 3.90. The minimum Gasteiger partial charge on any atom is -0.380 e. The van der Waals surface area contributed by atoms with Crippen LogP contribution in [0, 0.1) is 19.8 Å². The molecule has 0 spiro atoms. The number of carbonyl (C=O) groups excluding carboxylic acids is 1. The van der Waals surface area contributed by atoms with Gasteiger partial charge in [0.1, 0.15) is 0 Å². The Balaban J connectivity index is 1.40. The Morgan fingerprint density at radius 2 is 1.96 bits per heavy atom. The molecule has 0 saturated carbocycles. The molecule has 0 unspecified atom stereocenters. The molecule has 2 aliphatic heterocycles. The molecule has 0 aliphatic carbocycles. The molecule has 0 bridgehead atoms. The van der Waals surface area contributed by atoms with Gasteiger partial charge in [-0.05, 0) is 55.7 Å². The van der Waals surface area contributed by atoms with E-state index in [2.05, 4.69) is 49.5 Å². The summed E-state index contributed by atoms with van der Waals surface area (Å²) < 4.78 is 5.35. The second-order valence-corrected chi connectivity index (χ2v) is 7.65. The lowest BCUT2D eigenvalue weighted by Gasteiger charge is -2.31. The van der Waals surface area contributed by atoms with Crippen LogP contribution in [0.15, 0.2) is 24.3 Å². The van der Waals surface area contributed by atoms with Crippen LogP contribution < -0.4 is 5.32 Å². The number of nitrogens with zero attached hydrogens (tertiary/aromatic N) is 1. The van der Waals surface area contributed by atoms with E-state index in [4.69, 9.17) is 4.74 Å². The van der Waals surface area contributed by atoms with Crippen molar-refractivity contribution in [1.29, 1.82) is 0 Å². The van der Waals surface area contributed by atoms with Crippen LogP contribution in [0.2, 0.25) is 0 Å². The van der Waals surface area contributed by atoms with E-state index in [1.54, 1.807) is 0 Å². The van der Waals surface area contributed by atoms with E-state index in [1.807, 2.05) is 4.90 Å². The monoisotopic (exact) mass is 356 g/mol. The van der Waals surface area contributed by atoms with Gasteiger partial charge in [-0.2, -0.15) is 0 Å². The van der Waals surface area contributed by atoms with E-state index in [9.17, 15) is 4.79 Å². The lowest BCUT2D eigenvalue weighted by molar-refractivity contribution is -0.132. The molecule has 2 heterocycles. The molecule has 4 nitrogen and oxygen atoms in total. The minimum absolute atomic E-state index is 0.286. The Morgan fingerprint density at radius 1 is 1.23 bits per heavy atom. The number of allylic oxidation sites excluding steroid dienone is 1. The predicted molar refractivity (Wildman–Crippen MR) is 106 cm³/mol. The molecule has 4 heteroatoms. The van der Waals surface area contributed by atoms with E-state index >= 15 is 0 Å². The molecule has 1 atom stereocenters. The van der Waals surface area contributed by atoms with Crippen LogP contribution in [0.3, 0.4) is 0 Å². The summed E-state index contributed by atoms with van der Waals surface area (Å²) in [7, 11) is 0. The third kappa shape index (κ3) is 5.18. The van der Waals surface area contributed by atoms with Crippen molar-refractivity contribution >= 4 is 12.0 Å². The topological polar surface area (TPSA) is 41.6 Å². The first-order valence-electron chi connectivity index (χ1n) is 9.97. The van der Waals surface area contributed by atoms with Gasteiger partial charge in [0.25, 0.3) is 0 Å². The first kappa shape index (κ1) is 19.1. The molecular weight excluding hydrogens is 324 g/mol. The van der Waals surface area contributed by atoms with Gasteiger partial charge in [-0.15, -0.1) is 0 Å². The number of hydrogen-bond acceptors (Lipinski definition) is 3. The Morgan fingerprint density at radius 3 is 2.62 bits per heavy atom. The summed E-state index contributed by atoms with van der Waals surface area (Å²) in [6.07, 6.45) is 8.42. The summed E-state index contributed by atoms with van der Waals surface area (Å²) in [5, 5.41) is 3.43. The van der Waals surface area contributed by atoms with Crippen molar-refractivity contribution in [2.75, 3.05) is 32.8 Å². The summed E-state index contributed by atoms with van der Waals surface area (Å²) >= 11 is 0. The number of carbonyl (C=O) groups is 1. The van der Waals surface area contributed by atoms with Crippen LogP contribution in [-0.4, -0.2) is 49.7 Å². The van der Waals surface area contributed by atoms with Gasteiger partial charge in [0.15, 0.2) is 0 Å². The molecule has 1 aromatic rings. The number of amides is 1. The van der Waals surface area contributed by atoms with Gasteiger partial charge in [0, 0.05) is 38.7 Å². The van der Waals surface area contributed by atoms with Crippen molar-refractivity contribution in [3.63, 3.8) is 0 Å². The molecule has 0 radical (unpaired) electrons. The van der Waals surface area contributed by atoms with E-state index in [0.717, 1.165) is 52.1 Å². The van der Waals surface area contributed by atoms with Crippen molar-refractivity contribution in [3.8, 4) is 0 Å². The molecule has 142 valence electrons. The second-order valence-electron chi connectivity index (χ2n) is 7.65. The van der Waals surface area contributed by atoms with Gasteiger partial charge >= 0.3 is 0 Å². The normalized spacial score (nSPS) is 21.6. The maximum absolute atomic E-state index is 12.4. The Labute approximate surface area is 157 Å². The molecule has 26 heavy (non-hydrogen) atoms. The Hall–Kier alpha value is -1.65. The van der Waals surface area contributed by atoms with Gasteiger partial charge in [-0.25, -0.2) is 0 Å². The maximum atomic E-state index is 12.4. The average Bonchev–Trinajstić information content (AvgIpc) is 3.15. The van der Waals surface area contributed by atoms with E-state index in [-0.39, 0.29) is 5.91 Å². The van der Waals surface area contributed by atoms with Crippen LogP contribution in [0.5, 0.6) is 0 Å². The molecule has 1 amide bonds. The second kappa shape index (κ2) is 9.33. The molecule has 2 fully saturated rings. The smallest absolute Gasteiger partial charge is 0.223 e. The van der Waals surface area contributed by atoms with Crippen molar-refractivity contribution in [3.05, 3.63) is 41.0 Å². The fraction of sp³-hybridized carbons (Fsp3) is 0.591. The lowest BCUT2D eigenvalue weighted by Crippen LogP contribution is -2.40. The van der Waals surface area contributed by atoms with E-state index in [1.165, 1.54) is 16.7 Å². The molecule has 1 N–H and O–H groups in total. The zero-order valence-corrected chi connectivity index (χ0v) is 16.2. The van der Waals surface area contributed by atoms with Crippen LogP contribution in [0.25, 0.3) is 6.08 Å². The standard InChI is InChI=1S/C22H32N2O2/c1-17-4-3-5-18(2)21(17)7-6-19-9-13-24(14-10-19)22(25)8-12-23-20-11-15-26-16-20/h3-7,19-20,23H,8-16H2,1-2H3/t20-/m1/s1.